The molecule has 2 rings (SSSR count). The van der Waals surface area contributed by atoms with Crippen LogP contribution >= 0.6 is 0 Å². The number of rotatable bonds is 4. The number of amides is 1. The first-order valence-corrected chi connectivity index (χ1v) is 7.82. The van der Waals surface area contributed by atoms with Crippen LogP contribution < -0.4 is 15.6 Å². The van der Waals surface area contributed by atoms with Crippen molar-refractivity contribution < 1.29 is 23.1 Å². The Balaban J connectivity index is 1.92. The molecule has 0 radical (unpaired) electrons. The molecule has 1 heterocycles. The minimum Gasteiger partial charge on any atom is -0.497 e. The Morgan fingerprint density at radius 1 is 1.30 bits per heavy atom. The molecule has 20 heavy (non-hydrogen) atoms. The number of nitrogens with one attached hydrogen (secondary N) is 2. The molecule has 8 heteroatoms. The highest BCUT2D eigenvalue weighted by Gasteiger charge is 2.36. The Morgan fingerprint density at radius 3 is 2.45 bits per heavy atom. The maximum absolute atomic E-state index is 11.8. The van der Waals surface area contributed by atoms with Gasteiger partial charge in [-0.2, -0.15) is 0 Å². The van der Waals surface area contributed by atoms with Crippen molar-refractivity contribution in [1.29, 1.82) is 0 Å². The van der Waals surface area contributed by atoms with Crippen molar-refractivity contribution in [2.24, 2.45) is 0 Å². The van der Waals surface area contributed by atoms with E-state index in [4.69, 9.17) is 4.74 Å². The molecule has 2 atom stereocenters. The third-order valence-electron chi connectivity index (χ3n) is 3.05. The molecular formula is C12H16N2O5S. The Hall–Kier alpha value is -1.64. The molecule has 0 unspecified atom stereocenters. The van der Waals surface area contributed by atoms with Crippen molar-refractivity contribution in [3.63, 3.8) is 0 Å². The normalized spacial score (nSPS) is 24.3. The molecule has 0 aliphatic carbocycles. The number of carbonyl (C=O) groups excluding carboxylic acids is 1. The lowest BCUT2D eigenvalue weighted by Gasteiger charge is -2.15. The minimum absolute atomic E-state index is 0.197. The topological polar surface area (TPSA) is 105 Å². The number of hydrazine groups is 1. The zero-order valence-corrected chi connectivity index (χ0v) is 11.7. The van der Waals surface area contributed by atoms with E-state index in [0.717, 1.165) is 0 Å². The Labute approximate surface area is 116 Å². The van der Waals surface area contributed by atoms with Crippen LogP contribution in [-0.4, -0.2) is 50.2 Å². The van der Waals surface area contributed by atoms with Gasteiger partial charge in [-0.3, -0.25) is 10.2 Å². The molecule has 1 aromatic rings. The fraction of sp³-hybridized carbons (Fsp3) is 0.417. The lowest BCUT2D eigenvalue weighted by atomic mass is 10.2. The molecule has 1 aliphatic rings. The van der Waals surface area contributed by atoms with E-state index in [9.17, 15) is 18.3 Å². The van der Waals surface area contributed by atoms with Gasteiger partial charge in [-0.15, -0.1) is 0 Å². The van der Waals surface area contributed by atoms with Crippen molar-refractivity contribution in [1.82, 2.24) is 10.9 Å². The van der Waals surface area contributed by atoms with Crippen molar-refractivity contribution in [3.8, 4) is 5.75 Å². The summed E-state index contributed by atoms with van der Waals surface area (Å²) in [6.45, 7) is 0. The van der Waals surface area contributed by atoms with Gasteiger partial charge < -0.3 is 9.84 Å². The lowest BCUT2D eigenvalue weighted by Crippen LogP contribution is -2.49. The number of benzene rings is 1. The van der Waals surface area contributed by atoms with E-state index in [2.05, 4.69) is 10.9 Å². The second-order valence-corrected chi connectivity index (χ2v) is 6.73. The van der Waals surface area contributed by atoms with Crippen LogP contribution in [0.25, 0.3) is 0 Å². The number of hydrogen-bond donors (Lipinski definition) is 3. The fourth-order valence-electron chi connectivity index (χ4n) is 1.94. The molecule has 1 aromatic carbocycles. The number of aliphatic hydroxyl groups excluding tert-OH is 1. The summed E-state index contributed by atoms with van der Waals surface area (Å²) in [4.78, 5) is 11.8. The average Bonchev–Trinajstić information content (AvgIpc) is 2.69. The molecule has 0 saturated carbocycles. The van der Waals surface area contributed by atoms with Gasteiger partial charge in [0.25, 0.3) is 5.91 Å². The zero-order valence-electron chi connectivity index (χ0n) is 10.9. The van der Waals surface area contributed by atoms with E-state index in [1.807, 2.05) is 0 Å². The molecule has 7 nitrogen and oxygen atoms in total. The van der Waals surface area contributed by atoms with E-state index in [0.29, 0.717) is 11.3 Å². The lowest BCUT2D eigenvalue weighted by molar-refractivity contribution is 0.0901. The van der Waals surface area contributed by atoms with Crippen LogP contribution in [0.4, 0.5) is 0 Å². The van der Waals surface area contributed by atoms with Crippen LogP contribution in [0, 0.1) is 0 Å². The van der Waals surface area contributed by atoms with Crippen molar-refractivity contribution in [3.05, 3.63) is 29.8 Å². The first-order chi connectivity index (χ1) is 9.41. The molecule has 3 N–H and O–H groups in total. The highest BCUT2D eigenvalue weighted by Crippen LogP contribution is 2.13. The van der Waals surface area contributed by atoms with Crippen LogP contribution in [0.15, 0.2) is 24.3 Å². The number of methoxy groups -OCH3 is 1. The summed E-state index contributed by atoms with van der Waals surface area (Å²) >= 11 is 0. The molecule has 110 valence electrons. The largest absolute Gasteiger partial charge is 0.497 e. The van der Waals surface area contributed by atoms with Crippen LogP contribution in [0.5, 0.6) is 5.75 Å². The smallest absolute Gasteiger partial charge is 0.265 e. The predicted octanol–water partition coefficient (Wildman–Crippen LogP) is -0.912. The number of ether oxygens (including phenoxy) is 1. The van der Waals surface area contributed by atoms with Crippen molar-refractivity contribution in [2.45, 2.75) is 12.1 Å². The van der Waals surface area contributed by atoms with E-state index in [-0.39, 0.29) is 11.5 Å². The SMILES string of the molecule is COc1ccc(C(=O)NN[C@@H]2CS(=O)(=O)C[C@@H]2O)cc1. The number of sulfone groups is 1. The quantitative estimate of drug-likeness (QED) is 0.622. The fourth-order valence-corrected chi connectivity index (χ4v) is 3.68. The third-order valence-corrected chi connectivity index (χ3v) is 4.76. The summed E-state index contributed by atoms with van der Waals surface area (Å²) in [5.74, 6) is -0.267. The van der Waals surface area contributed by atoms with Crippen LogP contribution in [-0.2, 0) is 9.84 Å². The second kappa shape index (κ2) is 5.78. The zero-order chi connectivity index (χ0) is 14.8. The summed E-state index contributed by atoms with van der Waals surface area (Å²) in [7, 11) is -1.72. The summed E-state index contributed by atoms with van der Waals surface area (Å²) in [6, 6.07) is 5.75. The number of hydrogen-bond acceptors (Lipinski definition) is 6. The summed E-state index contributed by atoms with van der Waals surface area (Å²) in [5, 5.41) is 9.57. The average molecular weight is 300 g/mol. The molecule has 0 bridgehead atoms. The van der Waals surface area contributed by atoms with Gasteiger partial charge in [-0.05, 0) is 24.3 Å². The van der Waals surface area contributed by atoms with Crippen LogP contribution in [0.1, 0.15) is 10.4 Å². The summed E-state index contributed by atoms with van der Waals surface area (Å²) in [5.41, 5.74) is 5.34. The van der Waals surface area contributed by atoms with Gasteiger partial charge >= 0.3 is 0 Å². The molecule has 1 amide bonds. The van der Waals surface area contributed by atoms with Crippen LogP contribution in [0.3, 0.4) is 0 Å². The summed E-state index contributed by atoms with van der Waals surface area (Å²) < 4.78 is 27.6. The van der Waals surface area contributed by atoms with Crippen LogP contribution in [0.2, 0.25) is 0 Å². The maximum Gasteiger partial charge on any atom is 0.265 e. The minimum atomic E-state index is -3.25. The summed E-state index contributed by atoms with van der Waals surface area (Å²) in [6.07, 6.45) is -1.02. The molecule has 0 aromatic heterocycles. The van der Waals surface area contributed by atoms with Crippen molar-refractivity contribution in [2.75, 3.05) is 18.6 Å². The van der Waals surface area contributed by atoms with Gasteiger partial charge in [0.05, 0.1) is 30.8 Å². The molecule has 1 saturated heterocycles. The third kappa shape index (κ3) is 3.47. The standard InChI is InChI=1S/C12H16N2O5S/c1-19-9-4-2-8(3-5-9)12(16)14-13-10-6-20(17,18)7-11(10)15/h2-5,10-11,13,15H,6-7H2,1H3,(H,14,16)/t10-,11+/m1/s1. The Kier molecular flexibility index (Phi) is 4.26. The molecule has 1 fully saturated rings. The maximum atomic E-state index is 11.8. The highest BCUT2D eigenvalue weighted by atomic mass is 32.2. The Bertz CT molecular complexity index is 584. The van der Waals surface area contributed by atoms with Gasteiger partial charge in [0, 0.05) is 5.56 Å². The van der Waals surface area contributed by atoms with Gasteiger partial charge in [0.2, 0.25) is 0 Å². The number of carbonyl (C=O) groups is 1. The van der Waals surface area contributed by atoms with Gasteiger partial charge in [-0.1, -0.05) is 0 Å². The first kappa shape index (κ1) is 14.8. The monoisotopic (exact) mass is 300 g/mol. The van der Waals surface area contributed by atoms with Crippen molar-refractivity contribution >= 4 is 15.7 Å². The predicted molar refractivity (Wildman–Crippen MR) is 72.0 cm³/mol. The molecular weight excluding hydrogens is 284 g/mol. The molecule has 0 spiro atoms. The van der Waals surface area contributed by atoms with E-state index in [1.165, 1.54) is 7.11 Å². The second-order valence-electron chi connectivity index (χ2n) is 4.58. The van der Waals surface area contributed by atoms with E-state index < -0.39 is 27.9 Å². The van der Waals surface area contributed by atoms with E-state index >= 15 is 0 Å². The van der Waals surface area contributed by atoms with E-state index in [1.54, 1.807) is 24.3 Å². The first-order valence-electron chi connectivity index (χ1n) is 6.00. The Morgan fingerprint density at radius 2 is 1.95 bits per heavy atom. The van der Waals surface area contributed by atoms with Gasteiger partial charge in [-0.25, -0.2) is 13.8 Å². The molecule has 1 aliphatic heterocycles. The highest BCUT2D eigenvalue weighted by molar-refractivity contribution is 7.91. The van der Waals surface area contributed by atoms with Gasteiger partial charge in [0.1, 0.15) is 5.75 Å². The van der Waals surface area contributed by atoms with Gasteiger partial charge in [0.15, 0.2) is 9.84 Å². The number of aliphatic hydroxyl groups is 1.